The fourth-order valence-corrected chi connectivity index (χ4v) is 4.35. The molecule has 1 aliphatic heterocycles. The first-order valence-electron chi connectivity index (χ1n) is 11.1. The van der Waals surface area contributed by atoms with Gasteiger partial charge in [-0.05, 0) is 55.3 Å². The van der Waals surface area contributed by atoms with E-state index in [2.05, 4.69) is 5.10 Å². The second-order valence-corrected chi connectivity index (χ2v) is 8.58. The van der Waals surface area contributed by atoms with Gasteiger partial charge in [0, 0.05) is 62.7 Å². The highest BCUT2D eigenvalue weighted by atomic mass is 16.4. The van der Waals surface area contributed by atoms with Gasteiger partial charge in [-0.3, -0.25) is 14.3 Å². The third-order valence-corrected chi connectivity index (χ3v) is 6.47. The highest BCUT2D eigenvalue weighted by Crippen LogP contribution is 2.24. The maximum atomic E-state index is 13.0. The maximum Gasteiger partial charge on any atom is 0.335 e. The van der Waals surface area contributed by atoms with Crippen LogP contribution in [0.4, 0.5) is 5.69 Å². The van der Waals surface area contributed by atoms with Crippen LogP contribution in [0.15, 0.2) is 48.7 Å². The molecule has 1 aliphatic rings. The van der Waals surface area contributed by atoms with Crippen LogP contribution in [0.1, 0.15) is 40.0 Å². The van der Waals surface area contributed by atoms with Gasteiger partial charge in [0.25, 0.3) is 0 Å². The standard InChI is InChI=1S/C25H28N4O4/c1-27(21-6-3-18(4-7-21)25(32)33)12-11-23(30)29-13-9-17(10-14-29)24(31)19-5-8-22-20(15-19)16-26-28(22)2/h3-8,15-17H,9-14H2,1-2H3,(H,32,33). The number of aryl methyl sites for hydroxylation is 1. The van der Waals surface area contributed by atoms with E-state index in [1.165, 1.54) is 0 Å². The highest BCUT2D eigenvalue weighted by Gasteiger charge is 2.28. The first-order valence-corrected chi connectivity index (χ1v) is 11.1. The topological polar surface area (TPSA) is 95.7 Å². The fourth-order valence-electron chi connectivity index (χ4n) is 4.35. The lowest BCUT2D eigenvalue weighted by Crippen LogP contribution is -2.41. The van der Waals surface area contributed by atoms with Gasteiger partial charge in [-0.1, -0.05) is 0 Å². The van der Waals surface area contributed by atoms with Crippen molar-refractivity contribution in [2.45, 2.75) is 19.3 Å². The van der Waals surface area contributed by atoms with Crippen LogP contribution in [0.5, 0.6) is 0 Å². The quantitative estimate of drug-likeness (QED) is 0.558. The molecule has 0 saturated carbocycles. The maximum absolute atomic E-state index is 13.0. The summed E-state index contributed by atoms with van der Waals surface area (Å²) in [6.07, 6.45) is 3.47. The number of aromatic carboxylic acids is 1. The van der Waals surface area contributed by atoms with Gasteiger partial charge in [0.1, 0.15) is 0 Å². The minimum absolute atomic E-state index is 0.0707. The Balaban J connectivity index is 1.27. The van der Waals surface area contributed by atoms with E-state index in [-0.39, 0.29) is 23.2 Å². The van der Waals surface area contributed by atoms with E-state index in [4.69, 9.17) is 5.11 Å². The van der Waals surface area contributed by atoms with Crippen molar-refractivity contribution in [3.05, 3.63) is 59.8 Å². The molecule has 0 radical (unpaired) electrons. The first kappa shape index (κ1) is 22.5. The number of benzene rings is 2. The molecule has 0 spiro atoms. The van der Waals surface area contributed by atoms with Crippen LogP contribution in [0, 0.1) is 5.92 Å². The lowest BCUT2D eigenvalue weighted by Gasteiger charge is -2.32. The van der Waals surface area contributed by atoms with Gasteiger partial charge in [0.2, 0.25) is 5.91 Å². The number of carbonyl (C=O) groups excluding carboxylic acids is 2. The van der Waals surface area contributed by atoms with Crippen LogP contribution >= 0.6 is 0 Å². The van der Waals surface area contributed by atoms with Gasteiger partial charge in [-0.2, -0.15) is 5.10 Å². The summed E-state index contributed by atoms with van der Waals surface area (Å²) in [5, 5.41) is 14.2. The monoisotopic (exact) mass is 448 g/mol. The molecule has 2 heterocycles. The summed E-state index contributed by atoms with van der Waals surface area (Å²) in [6, 6.07) is 12.3. The van der Waals surface area contributed by atoms with Crippen molar-refractivity contribution < 1.29 is 19.5 Å². The van der Waals surface area contributed by atoms with Crippen LogP contribution in [-0.4, -0.2) is 64.1 Å². The van der Waals surface area contributed by atoms with Crippen LogP contribution in [0.2, 0.25) is 0 Å². The van der Waals surface area contributed by atoms with Crippen molar-refractivity contribution in [2.24, 2.45) is 13.0 Å². The molecule has 33 heavy (non-hydrogen) atoms. The molecule has 0 bridgehead atoms. The van der Waals surface area contributed by atoms with Crippen molar-refractivity contribution in [1.82, 2.24) is 14.7 Å². The Bertz CT molecular complexity index is 1180. The van der Waals surface area contributed by atoms with E-state index in [0.717, 1.165) is 16.6 Å². The molecule has 1 fully saturated rings. The number of carboxylic acid groups (broad SMARTS) is 1. The number of ketones is 1. The number of rotatable bonds is 7. The smallest absolute Gasteiger partial charge is 0.335 e. The molecule has 1 N–H and O–H groups in total. The number of carboxylic acids is 1. The van der Waals surface area contributed by atoms with Crippen LogP contribution < -0.4 is 4.90 Å². The van der Waals surface area contributed by atoms with E-state index in [0.29, 0.717) is 44.5 Å². The Morgan fingerprint density at radius 2 is 1.73 bits per heavy atom. The number of Topliss-reactive ketones (excluding diaryl/α,β-unsaturated/α-hetero) is 1. The molecule has 0 atom stereocenters. The molecule has 1 saturated heterocycles. The van der Waals surface area contributed by atoms with E-state index in [1.54, 1.807) is 35.1 Å². The summed E-state index contributed by atoms with van der Waals surface area (Å²) < 4.78 is 1.79. The number of hydrogen-bond donors (Lipinski definition) is 1. The summed E-state index contributed by atoms with van der Waals surface area (Å²) in [5.41, 5.74) is 2.80. The zero-order valence-corrected chi connectivity index (χ0v) is 18.9. The molecule has 8 heteroatoms. The van der Waals surface area contributed by atoms with Crippen LogP contribution in [0.3, 0.4) is 0 Å². The molecule has 2 aromatic carbocycles. The highest BCUT2D eigenvalue weighted by molar-refractivity contribution is 6.01. The largest absolute Gasteiger partial charge is 0.478 e. The van der Waals surface area contributed by atoms with Crippen molar-refractivity contribution in [2.75, 3.05) is 31.6 Å². The normalized spacial score (nSPS) is 14.4. The third kappa shape index (κ3) is 4.89. The number of anilines is 1. The van der Waals surface area contributed by atoms with E-state index < -0.39 is 5.97 Å². The Kier molecular flexibility index (Phi) is 6.44. The number of amides is 1. The molecule has 172 valence electrons. The zero-order valence-electron chi connectivity index (χ0n) is 18.9. The van der Waals surface area contributed by atoms with Crippen molar-refractivity contribution in [1.29, 1.82) is 0 Å². The number of piperidine rings is 1. The predicted octanol–water partition coefficient (Wildman–Crippen LogP) is 3.22. The SMILES string of the molecule is CN(CCC(=O)N1CCC(C(=O)c2ccc3c(cnn3C)c2)CC1)c1ccc(C(=O)O)cc1. The summed E-state index contributed by atoms with van der Waals surface area (Å²) in [5.74, 6) is -0.818. The van der Waals surface area contributed by atoms with Gasteiger partial charge < -0.3 is 14.9 Å². The van der Waals surface area contributed by atoms with E-state index in [1.807, 2.05) is 42.1 Å². The fraction of sp³-hybridized carbons (Fsp3) is 0.360. The van der Waals surface area contributed by atoms with Crippen LogP contribution in [-0.2, 0) is 11.8 Å². The molecular formula is C25H28N4O4. The van der Waals surface area contributed by atoms with E-state index in [9.17, 15) is 14.4 Å². The van der Waals surface area contributed by atoms with Gasteiger partial charge in [0.05, 0.1) is 17.3 Å². The number of fused-ring (bicyclic) bond motifs is 1. The Hall–Kier alpha value is -3.68. The predicted molar refractivity (Wildman–Crippen MR) is 126 cm³/mol. The third-order valence-electron chi connectivity index (χ3n) is 6.47. The van der Waals surface area contributed by atoms with Crippen LogP contribution in [0.25, 0.3) is 10.9 Å². The molecule has 8 nitrogen and oxygen atoms in total. The number of carbonyl (C=O) groups is 3. The summed E-state index contributed by atoms with van der Waals surface area (Å²) in [6.45, 7) is 1.71. The average molecular weight is 449 g/mol. The van der Waals surface area contributed by atoms with Crippen molar-refractivity contribution >= 4 is 34.3 Å². The average Bonchev–Trinajstić information content (AvgIpc) is 3.22. The molecule has 0 unspecified atom stereocenters. The van der Waals surface area contributed by atoms with Gasteiger partial charge in [-0.15, -0.1) is 0 Å². The molecule has 3 aromatic rings. The van der Waals surface area contributed by atoms with Crippen molar-refractivity contribution in [3.8, 4) is 0 Å². The number of nitrogens with zero attached hydrogens (tertiary/aromatic N) is 4. The minimum atomic E-state index is -0.959. The van der Waals surface area contributed by atoms with Gasteiger partial charge in [0.15, 0.2) is 5.78 Å². The Morgan fingerprint density at radius 1 is 1.06 bits per heavy atom. The number of likely N-dealkylation sites (tertiary alicyclic amines) is 1. The Labute approximate surface area is 192 Å². The summed E-state index contributed by atoms with van der Waals surface area (Å²) >= 11 is 0. The summed E-state index contributed by atoms with van der Waals surface area (Å²) in [4.78, 5) is 40.5. The van der Waals surface area contributed by atoms with Gasteiger partial charge in [-0.25, -0.2) is 4.79 Å². The lowest BCUT2D eigenvalue weighted by atomic mass is 9.88. The molecular weight excluding hydrogens is 420 g/mol. The molecule has 4 rings (SSSR count). The lowest BCUT2D eigenvalue weighted by molar-refractivity contribution is -0.132. The van der Waals surface area contributed by atoms with E-state index >= 15 is 0 Å². The first-order chi connectivity index (χ1) is 15.8. The van der Waals surface area contributed by atoms with Crippen molar-refractivity contribution in [3.63, 3.8) is 0 Å². The second-order valence-electron chi connectivity index (χ2n) is 8.58. The second kappa shape index (κ2) is 9.44. The molecule has 1 amide bonds. The summed E-state index contributed by atoms with van der Waals surface area (Å²) in [7, 11) is 3.76. The number of aromatic nitrogens is 2. The molecule has 1 aromatic heterocycles. The van der Waals surface area contributed by atoms with Gasteiger partial charge >= 0.3 is 5.97 Å². The Morgan fingerprint density at radius 3 is 2.39 bits per heavy atom. The zero-order chi connectivity index (χ0) is 23.5. The molecule has 0 aliphatic carbocycles. The number of hydrogen-bond acceptors (Lipinski definition) is 5. The minimum Gasteiger partial charge on any atom is -0.478 e.